The molecule has 1 heterocycles. The average molecular weight is 360 g/mol. The van der Waals surface area contributed by atoms with Crippen LogP contribution in [0.25, 0.3) is 0 Å². The fourth-order valence-corrected chi connectivity index (χ4v) is 2.63. The zero-order valence-corrected chi connectivity index (χ0v) is 12.5. The molecular weight excluding hydrogens is 343 g/mol. The summed E-state index contributed by atoms with van der Waals surface area (Å²) in [6.45, 7) is 3.48. The Bertz CT molecular complexity index is 444. The quantitative estimate of drug-likeness (QED) is 0.804. The third-order valence-electron chi connectivity index (χ3n) is 3.17. The molecule has 4 nitrogen and oxygen atoms in total. The molecule has 0 aromatic heterocycles. The van der Waals surface area contributed by atoms with Gasteiger partial charge in [-0.2, -0.15) is 0 Å². The molecule has 5 heteroatoms. The van der Waals surface area contributed by atoms with Gasteiger partial charge >= 0.3 is 0 Å². The van der Waals surface area contributed by atoms with Crippen molar-refractivity contribution in [2.24, 2.45) is 0 Å². The third-order valence-corrected chi connectivity index (χ3v) is 3.84. The van der Waals surface area contributed by atoms with Gasteiger partial charge in [0.25, 0.3) is 0 Å². The summed E-state index contributed by atoms with van der Waals surface area (Å²) < 4.78 is 1.09. The van der Waals surface area contributed by atoms with Crippen molar-refractivity contribution in [1.82, 2.24) is 4.90 Å². The molecule has 0 aliphatic carbocycles. The smallest absolute Gasteiger partial charge is 0.238 e. The number of carbonyl (C=O) groups is 1. The van der Waals surface area contributed by atoms with Gasteiger partial charge in [0, 0.05) is 22.3 Å². The third kappa shape index (κ3) is 3.43. The number of aliphatic hydroxyl groups is 1. The van der Waals surface area contributed by atoms with E-state index in [9.17, 15) is 9.90 Å². The first kappa shape index (κ1) is 13.8. The fourth-order valence-electron chi connectivity index (χ4n) is 2.09. The van der Waals surface area contributed by atoms with Crippen LogP contribution in [-0.2, 0) is 4.79 Å². The van der Waals surface area contributed by atoms with Crippen LogP contribution < -0.4 is 5.32 Å². The van der Waals surface area contributed by atoms with Crippen LogP contribution in [-0.4, -0.2) is 41.1 Å². The van der Waals surface area contributed by atoms with E-state index in [4.69, 9.17) is 0 Å². The van der Waals surface area contributed by atoms with Gasteiger partial charge in [0.05, 0.1) is 12.1 Å². The van der Waals surface area contributed by atoms with E-state index in [1.165, 1.54) is 0 Å². The summed E-state index contributed by atoms with van der Waals surface area (Å²) in [7, 11) is 0. The van der Waals surface area contributed by atoms with Crippen molar-refractivity contribution >= 4 is 34.2 Å². The van der Waals surface area contributed by atoms with Gasteiger partial charge in [-0.1, -0.05) is 13.0 Å². The Morgan fingerprint density at radius 3 is 2.89 bits per heavy atom. The zero-order chi connectivity index (χ0) is 13.2. The van der Waals surface area contributed by atoms with E-state index in [1.807, 2.05) is 36.1 Å². The SMILES string of the molecule is CCC1(O)CN(CC(=O)Nc2cccc(I)c2)C1. The van der Waals surface area contributed by atoms with Crippen molar-refractivity contribution < 1.29 is 9.90 Å². The van der Waals surface area contributed by atoms with Crippen molar-refractivity contribution in [1.29, 1.82) is 0 Å². The molecule has 1 amide bonds. The van der Waals surface area contributed by atoms with Gasteiger partial charge in [-0.15, -0.1) is 0 Å². The van der Waals surface area contributed by atoms with Gasteiger partial charge in [-0.05, 0) is 47.2 Å². The first-order chi connectivity index (χ1) is 8.50. The number of hydrogen-bond donors (Lipinski definition) is 2. The molecule has 1 aliphatic rings. The van der Waals surface area contributed by atoms with E-state index in [1.54, 1.807) is 0 Å². The Morgan fingerprint density at radius 1 is 1.56 bits per heavy atom. The van der Waals surface area contributed by atoms with Crippen LogP contribution in [0.1, 0.15) is 13.3 Å². The Labute approximate surface area is 121 Å². The van der Waals surface area contributed by atoms with E-state index in [0.717, 1.165) is 15.7 Å². The van der Waals surface area contributed by atoms with Gasteiger partial charge in [0.2, 0.25) is 5.91 Å². The van der Waals surface area contributed by atoms with E-state index in [0.29, 0.717) is 19.6 Å². The molecule has 2 rings (SSSR count). The molecule has 1 aliphatic heterocycles. The van der Waals surface area contributed by atoms with E-state index < -0.39 is 5.60 Å². The molecule has 1 fully saturated rings. The second-order valence-electron chi connectivity index (χ2n) is 4.78. The Kier molecular flexibility index (Phi) is 4.24. The van der Waals surface area contributed by atoms with Crippen LogP contribution in [0.2, 0.25) is 0 Å². The number of rotatable bonds is 4. The number of anilines is 1. The van der Waals surface area contributed by atoms with Crippen LogP contribution in [0.15, 0.2) is 24.3 Å². The minimum atomic E-state index is -0.581. The molecule has 1 saturated heterocycles. The zero-order valence-electron chi connectivity index (χ0n) is 10.3. The standard InChI is InChI=1S/C13H17IN2O2/c1-2-13(18)8-16(9-13)7-12(17)15-11-5-3-4-10(14)6-11/h3-6,18H,2,7-9H2,1H3,(H,15,17). The highest BCUT2D eigenvalue weighted by molar-refractivity contribution is 14.1. The summed E-state index contributed by atoms with van der Waals surface area (Å²) in [4.78, 5) is 13.7. The molecule has 0 saturated carbocycles. The predicted octanol–water partition coefficient (Wildman–Crippen LogP) is 1.69. The lowest BCUT2D eigenvalue weighted by atomic mass is 9.91. The largest absolute Gasteiger partial charge is 0.387 e. The molecule has 0 atom stereocenters. The summed E-state index contributed by atoms with van der Waals surface area (Å²) >= 11 is 2.21. The number of benzene rings is 1. The number of nitrogens with one attached hydrogen (secondary N) is 1. The van der Waals surface area contributed by atoms with Crippen molar-refractivity contribution in [2.75, 3.05) is 25.0 Å². The lowest BCUT2D eigenvalue weighted by Crippen LogP contribution is -2.62. The fraction of sp³-hybridized carbons (Fsp3) is 0.462. The minimum Gasteiger partial charge on any atom is -0.387 e. The molecule has 1 aromatic rings. The maximum Gasteiger partial charge on any atom is 0.238 e. The molecule has 0 radical (unpaired) electrons. The second kappa shape index (κ2) is 5.54. The molecule has 18 heavy (non-hydrogen) atoms. The number of likely N-dealkylation sites (tertiary alicyclic amines) is 1. The van der Waals surface area contributed by atoms with Crippen molar-refractivity contribution in [3.05, 3.63) is 27.8 Å². The van der Waals surface area contributed by atoms with Gasteiger partial charge in [-0.25, -0.2) is 0 Å². The summed E-state index contributed by atoms with van der Waals surface area (Å²) in [6, 6.07) is 7.69. The Hall–Kier alpha value is -0.660. The van der Waals surface area contributed by atoms with Crippen molar-refractivity contribution in [3.63, 3.8) is 0 Å². The van der Waals surface area contributed by atoms with Crippen molar-refractivity contribution in [2.45, 2.75) is 18.9 Å². The van der Waals surface area contributed by atoms with Crippen LogP contribution in [0.3, 0.4) is 0 Å². The van der Waals surface area contributed by atoms with Crippen LogP contribution in [0.5, 0.6) is 0 Å². The lowest BCUT2D eigenvalue weighted by molar-refractivity contribution is -0.128. The number of β-amino-alcohol motifs (C(OH)–C–C–N with tert-alkyl or cyclic N) is 1. The number of amides is 1. The molecule has 2 N–H and O–H groups in total. The molecule has 0 spiro atoms. The first-order valence-electron chi connectivity index (χ1n) is 6.01. The van der Waals surface area contributed by atoms with Gasteiger partial charge in [0.1, 0.15) is 0 Å². The molecule has 1 aromatic carbocycles. The maximum absolute atomic E-state index is 11.8. The number of hydrogen-bond acceptors (Lipinski definition) is 3. The van der Waals surface area contributed by atoms with Gasteiger partial charge < -0.3 is 10.4 Å². The highest BCUT2D eigenvalue weighted by Gasteiger charge is 2.39. The van der Waals surface area contributed by atoms with Crippen LogP contribution in [0, 0.1) is 3.57 Å². The molecule has 0 bridgehead atoms. The van der Waals surface area contributed by atoms with Crippen molar-refractivity contribution in [3.8, 4) is 0 Å². The Balaban J connectivity index is 1.80. The van der Waals surface area contributed by atoms with Crippen LogP contribution in [0.4, 0.5) is 5.69 Å². The molecule has 0 unspecified atom stereocenters. The summed E-state index contributed by atoms with van der Waals surface area (Å²) in [5.74, 6) is -0.0323. The second-order valence-corrected chi connectivity index (χ2v) is 6.03. The predicted molar refractivity (Wildman–Crippen MR) is 79.5 cm³/mol. The molecule has 98 valence electrons. The molecular formula is C13H17IN2O2. The Morgan fingerprint density at radius 2 is 2.28 bits per heavy atom. The summed E-state index contributed by atoms with van der Waals surface area (Å²) in [5, 5.41) is 12.7. The number of carbonyl (C=O) groups excluding carboxylic acids is 1. The van der Waals surface area contributed by atoms with E-state index in [2.05, 4.69) is 27.9 Å². The number of halogens is 1. The van der Waals surface area contributed by atoms with E-state index >= 15 is 0 Å². The van der Waals surface area contributed by atoms with Gasteiger partial charge in [-0.3, -0.25) is 9.69 Å². The summed E-state index contributed by atoms with van der Waals surface area (Å²) in [5.41, 5.74) is 0.237. The summed E-state index contributed by atoms with van der Waals surface area (Å²) in [6.07, 6.45) is 0.738. The first-order valence-corrected chi connectivity index (χ1v) is 7.09. The van der Waals surface area contributed by atoms with Crippen LogP contribution >= 0.6 is 22.6 Å². The lowest BCUT2D eigenvalue weighted by Gasteiger charge is -2.45. The normalized spacial score (nSPS) is 18.2. The number of nitrogens with zero attached hydrogens (tertiary/aromatic N) is 1. The highest BCUT2D eigenvalue weighted by atomic mass is 127. The highest BCUT2D eigenvalue weighted by Crippen LogP contribution is 2.23. The van der Waals surface area contributed by atoms with E-state index in [-0.39, 0.29) is 5.91 Å². The average Bonchev–Trinajstić information content (AvgIpc) is 2.26. The topological polar surface area (TPSA) is 52.6 Å². The monoisotopic (exact) mass is 360 g/mol. The maximum atomic E-state index is 11.8. The van der Waals surface area contributed by atoms with Gasteiger partial charge in [0.15, 0.2) is 0 Å². The minimum absolute atomic E-state index is 0.0323.